The molecule has 18 rings (SSSR count). The Kier molecular flexibility index (Phi) is 17.8. The second kappa shape index (κ2) is 28.1. The van der Waals surface area contributed by atoms with Crippen molar-refractivity contribution in [3.05, 3.63) is 362 Å². The van der Waals surface area contributed by atoms with Gasteiger partial charge < -0.3 is 13.3 Å². The van der Waals surface area contributed by atoms with Crippen molar-refractivity contribution in [3.63, 3.8) is 0 Å². The van der Waals surface area contributed by atoms with Crippen LogP contribution in [0.1, 0.15) is 76.0 Å². The van der Waals surface area contributed by atoms with Crippen LogP contribution in [0.4, 0.5) is 0 Å². The predicted octanol–water partition coefficient (Wildman–Crippen LogP) is 29.1. The van der Waals surface area contributed by atoms with Crippen molar-refractivity contribution in [1.29, 1.82) is 0 Å². The van der Waals surface area contributed by atoms with Gasteiger partial charge >= 0.3 is 0 Å². The van der Waals surface area contributed by atoms with Gasteiger partial charge in [-0.25, -0.2) is 0 Å². The van der Waals surface area contributed by atoms with E-state index in [-0.39, 0.29) is 0 Å². The molecule has 0 bridgehead atoms. The van der Waals surface area contributed by atoms with Crippen molar-refractivity contribution >= 4 is 65.8 Å². The smallest absolute Gasteiger partial charge is 0.143 e. The average Bonchev–Trinajstić information content (AvgIpc) is 1.61. The number of fused-ring (bicyclic) bond motifs is 9. The van der Waals surface area contributed by atoms with Crippen LogP contribution in [0.2, 0.25) is 0 Å². The van der Waals surface area contributed by atoms with Crippen molar-refractivity contribution in [2.75, 3.05) is 0 Å². The second-order valence-corrected chi connectivity index (χ2v) is 27.7. The number of furan rings is 3. The molecule has 0 atom stereocenters. The van der Waals surface area contributed by atoms with Gasteiger partial charge in [0.2, 0.25) is 0 Å². The van der Waals surface area contributed by atoms with Crippen LogP contribution in [0, 0.1) is 0 Å². The summed E-state index contributed by atoms with van der Waals surface area (Å²) in [5.41, 5.74) is 31.6. The lowest BCUT2D eigenvalue weighted by molar-refractivity contribution is 0.668. The van der Waals surface area contributed by atoms with E-state index in [1.54, 1.807) is 0 Å². The van der Waals surface area contributed by atoms with Crippen molar-refractivity contribution in [2.45, 2.75) is 59.3 Å². The number of benzene rings is 15. The molecule has 0 amide bonds. The zero-order chi connectivity index (χ0) is 69.2. The van der Waals surface area contributed by atoms with E-state index in [9.17, 15) is 0 Å². The molecule has 18 aromatic rings. The van der Waals surface area contributed by atoms with Crippen LogP contribution >= 0.6 is 0 Å². The lowest BCUT2D eigenvalue weighted by Crippen LogP contribution is -1.87. The molecule has 0 N–H and O–H groups in total. The third kappa shape index (κ3) is 13.3. The largest absolute Gasteiger partial charge is 0.456 e. The SMILES string of the molecule is CC(C)c1ccc(-c2ccc(-c3cccc(-c4ccc5oc6ccccc6c5c4)c3)cc2)cc1.CC(C)c1ccc(-c2cccc(-c3ccc(-c4ccc5c(c4)oc4ccccc45)cc3)c2)cc1.CC(C)c1ccc(-c2cccc(-c3ccc(-c4cccc5c4oc4ccccc45)cc3)c2)cc1. The topological polar surface area (TPSA) is 39.4 Å². The number of hydrogen-bond donors (Lipinski definition) is 0. The molecular formula is C99H78O3. The van der Waals surface area contributed by atoms with Gasteiger partial charge in [0.05, 0.1) is 0 Å². The van der Waals surface area contributed by atoms with Gasteiger partial charge in [0, 0.05) is 37.9 Å². The van der Waals surface area contributed by atoms with Crippen molar-refractivity contribution < 1.29 is 13.3 Å². The molecule has 0 aliphatic heterocycles. The van der Waals surface area contributed by atoms with E-state index < -0.39 is 0 Å². The van der Waals surface area contributed by atoms with Gasteiger partial charge in [0.1, 0.15) is 33.5 Å². The molecule has 15 aromatic carbocycles. The predicted molar refractivity (Wildman–Crippen MR) is 432 cm³/mol. The molecule has 3 heterocycles. The Morgan fingerprint density at radius 1 is 0.167 bits per heavy atom. The van der Waals surface area contributed by atoms with Gasteiger partial charge in [-0.05, 0) is 190 Å². The summed E-state index contributed by atoms with van der Waals surface area (Å²) in [5, 5.41) is 6.97. The van der Waals surface area contributed by atoms with Crippen molar-refractivity contribution in [3.8, 4) is 100 Å². The molecule has 0 spiro atoms. The molecule has 102 heavy (non-hydrogen) atoms. The molecule has 0 aliphatic carbocycles. The molecule has 0 aliphatic rings. The van der Waals surface area contributed by atoms with Gasteiger partial charge in [-0.3, -0.25) is 0 Å². The van der Waals surface area contributed by atoms with Crippen LogP contribution in [-0.2, 0) is 0 Å². The first-order valence-electron chi connectivity index (χ1n) is 35.6. The van der Waals surface area contributed by atoms with Crippen LogP contribution in [-0.4, -0.2) is 0 Å². The highest BCUT2D eigenvalue weighted by atomic mass is 16.3. The van der Waals surface area contributed by atoms with E-state index in [2.05, 4.69) is 351 Å². The van der Waals surface area contributed by atoms with E-state index in [1.165, 1.54) is 100 Å². The third-order valence-electron chi connectivity index (χ3n) is 20.1. The first-order valence-corrected chi connectivity index (χ1v) is 35.6. The first kappa shape index (κ1) is 64.4. The molecule has 0 saturated carbocycles. The summed E-state index contributed by atoms with van der Waals surface area (Å²) in [7, 11) is 0. The van der Waals surface area contributed by atoms with Crippen molar-refractivity contribution in [2.24, 2.45) is 0 Å². The number of para-hydroxylation sites is 4. The maximum Gasteiger partial charge on any atom is 0.143 e. The van der Waals surface area contributed by atoms with E-state index in [1.807, 2.05) is 36.4 Å². The summed E-state index contributed by atoms with van der Waals surface area (Å²) in [6.45, 7) is 13.4. The van der Waals surface area contributed by atoms with Crippen LogP contribution in [0.3, 0.4) is 0 Å². The minimum absolute atomic E-state index is 0.546. The van der Waals surface area contributed by atoms with Gasteiger partial charge in [-0.1, -0.05) is 327 Å². The molecule has 0 radical (unpaired) electrons. The van der Waals surface area contributed by atoms with Gasteiger partial charge in [0.15, 0.2) is 0 Å². The van der Waals surface area contributed by atoms with Gasteiger partial charge in [-0.2, -0.15) is 0 Å². The normalized spacial score (nSPS) is 11.5. The summed E-state index contributed by atoms with van der Waals surface area (Å²) in [5.74, 6) is 1.65. The molecule has 0 unspecified atom stereocenters. The highest BCUT2D eigenvalue weighted by Crippen LogP contribution is 2.40. The maximum absolute atomic E-state index is 6.24. The summed E-state index contributed by atoms with van der Waals surface area (Å²) in [6.07, 6.45) is 0. The second-order valence-electron chi connectivity index (χ2n) is 27.7. The Balaban J connectivity index is 0.000000118. The summed E-state index contributed by atoms with van der Waals surface area (Å²) < 4.78 is 18.3. The molecule has 3 heteroatoms. The van der Waals surface area contributed by atoms with Gasteiger partial charge in [-0.15, -0.1) is 0 Å². The van der Waals surface area contributed by atoms with E-state index in [4.69, 9.17) is 13.3 Å². The molecule has 0 saturated heterocycles. The van der Waals surface area contributed by atoms with Crippen LogP contribution < -0.4 is 0 Å². The minimum Gasteiger partial charge on any atom is -0.456 e. The van der Waals surface area contributed by atoms with Gasteiger partial charge in [0.25, 0.3) is 0 Å². The Morgan fingerprint density at radius 3 is 0.853 bits per heavy atom. The highest BCUT2D eigenvalue weighted by molar-refractivity contribution is 6.10. The zero-order valence-electron chi connectivity index (χ0n) is 58.4. The van der Waals surface area contributed by atoms with Crippen molar-refractivity contribution in [1.82, 2.24) is 0 Å². The Hall–Kier alpha value is -12.3. The Bertz CT molecular complexity index is 5980. The average molecular weight is 1320 g/mol. The monoisotopic (exact) mass is 1310 g/mol. The summed E-state index contributed by atoms with van der Waals surface area (Å²) in [4.78, 5) is 0. The fourth-order valence-electron chi connectivity index (χ4n) is 14.2. The van der Waals surface area contributed by atoms with Crippen LogP contribution in [0.15, 0.2) is 359 Å². The molecule has 492 valence electrons. The number of rotatable bonds is 12. The highest BCUT2D eigenvalue weighted by Gasteiger charge is 2.16. The lowest BCUT2D eigenvalue weighted by atomic mass is 9.95. The minimum atomic E-state index is 0.546. The van der Waals surface area contributed by atoms with Crippen LogP contribution in [0.25, 0.3) is 166 Å². The fraction of sp³-hybridized carbons (Fsp3) is 0.0909. The quantitative estimate of drug-likeness (QED) is 0.122. The third-order valence-corrected chi connectivity index (χ3v) is 20.1. The molecule has 3 aromatic heterocycles. The number of hydrogen-bond acceptors (Lipinski definition) is 3. The maximum atomic E-state index is 6.24. The standard InChI is InChI=1S/3C33H26O/c1-22(2)23-13-15-24(16-14-23)27-7-5-8-28(21-27)25-17-19-26(20-18-25)29-10-6-11-31-30-9-3-4-12-32(30)34-33(29)31;1-22(2)23-10-12-24(13-11-23)27-6-5-7-28(20-27)25-14-16-26(17-15-25)29-18-19-31-30-8-3-4-9-32(30)34-33(31)21-29;1-22(2)23-10-12-24(13-11-23)25-14-16-26(17-15-25)27-6-5-7-28(20-27)29-18-19-33-31(21-29)30-8-3-4-9-32(30)34-33/h3*3-22H,1-2H3. The lowest BCUT2D eigenvalue weighted by Gasteiger charge is -2.10. The van der Waals surface area contributed by atoms with Crippen LogP contribution in [0.5, 0.6) is 0 Å². The Morgan fingerprint density at radius 2 is 0.431 bits per heavy atom. The molecule has 0 fully saturated rings. The molecule has 3 nitrogen and oxygen atoms in total. The summed E-state index contributed by atoms with van der Waals surface area (Å²) in [6, 6.07) is 124. The zero-order valence-corrected chi connectivity index (χ0v) is 58.4. The molecular weight excluding hydrogens is 1240 g/mol. The van der Waals surface area contributed by atoms with E-state index >= 15 is 0 Å². The fourth-order valence-corrected chi connectivity index (χ4v) is 14.2. The Labute approximate surface area is 597 Å². The van der Waals surface area contributed by atoms with E-state index in [0.717, 1.165) is 82.5 Å². The summed E-state index contributed by atoms with van der Waals surface area (Å²) >= 11 is 0. The first-order chi connectivity index (χ1) is 50.0. The van der Waals surface area contributed by atoms with E-state index in [0.29, 0.717) is 17.8 Å².